The second-order valence-corrected chi connectivity index (χ2v) is 5.11. The Kier molecular flexibility index (Phi) is 3.30. The van der Waals surface area contributed by atoms with Crippen LogP contribution in [0.5, 0.6) is 0 Å². The van der Waals surface area contributed by atoms with Gasteiger partial charge in [-0.15, -0.1) is 0 Å². The van der Waals surface area contributed by atoms with Crippen LogP contribution in [0.4, 0.5) is 4.79 Å². The zero-order valence-corrected chi connectivity index (χ0v) is 11.0. The van der Waals surface area contributed by atoms with Gasteiger partial charge in [-0.25, -0.2) is 4.79 Å². The molecule has 0 aromatic carbocycles. The molecule has 0 aromatic heterocycles. The second-order valence-electron chi connectivity index (χ2n) is 4.69. The zero-order chi connectivity index (χ0) is 14.4. The van der Waals surface area contributed by atoms with Gasteiger partial charge >= 0.3 is 6.03 Å². The first-order chi connectivity index (χ1) is 9.54. The molecule has 20 heavy (non-hydrogen) atoms. The van der Waals surface area contributed by atoms with E-state index < -0.39 is 43.2 Å². The minimum atomic E-state index is -1.35. The predicted molar refractivity (Wildman–Crippen MR) is 71.1 cm³/mol. The molecule has 2 saturated heterocycles. The van der Waals surface area contributed by atoms with E-state index in [1.807, 2.05) is 0 Å². The first kappa shape index (κ1) is 13.6. The van der Waals surface area contributed by atoms with E-state index in [0.29, 0.717) is 5.70 Å². The molecule has 2 fully saturated rings. The Bertz CT molecular complexity index is 522. The van der Waals surface area contributed by atoms with Crippen LogP contribution in [-0.4, -0.2) is 74.6 Å². The van der Waals surface area contributed by atoms with E-state index in [1.165, 1.54) is 6.21 Å². The maximum Gasteiger partial charge on any atom is 0.328 e. The number of allylic oxidation sites excluding steroid dienone is 1. The summed E-state index contributed by atoms with van der Waals surface area (Å²) >= 11 is 5.22. The fourth-order valence-corrected chi connectivity index (χ4v) is 2.81. The number of hydrogen-bond donors (Lipinski definition) is 4. The number of hydrogen-bond acceptors (Lipinski definition) is 7. The summed E-state index contributed by atoms with van der Waals surface area (Å²) in [4.78, 5) is 17.4. The molecule has 3 rings (SSSR count). The monoisotopic (exact) mass is 299 g/mol. The Morgan fingerprint density at radius 1 is 1.45 bits per heavy atom. The molecule has 0 saturated carbocycles. The highest BCUT2D eigenvalue weighted by atomic mass is 32.1. The van der Waals surface area contributed by atoms with Crippen LogP contribution in [-0.2, 0) is 4.74 Å². The molecule has 0 bridgehead atoms. The summed E-state index contributed by atoms with van der Waals surface area (Å²) < 4.78 is 5.32. The predicted octanol–water partition coefficient (Wildman–Crippen LogP) is -1.89. The first-order valence-corrected chi connectivity index (χ1v) is 6.45. The molecule has 4 N–H and O–H groups in total. The number of aliphatic imine (C=N–C) groups is 1. The number of fused-ring (bicyclic) bond motifs is 1. The third-order valence-electron chi connectivity index (χ3n) is 3.50. The molecule has 3 aliphatic rings. The Balaban J connectivity index is 1.86. The largest absolute Gasteiger partial charge is 0.394 e. The highest BCUT2D eigenvalue weighted by molar-refractivity contribution is 7.80. The topological polar surface area (TPSA) is 115 Å². The number of carbonyl (C=O) groups excluding carboxylic acids is 1. The normalized spacial score (nSPS) is 39.9. The lowest BCUT2D eigenvalue weighted by atomic mass is 10.1. The van der Waals surface area contributed by atoms with Gasteiger partial charge < -0.3 is 25.4 Å². The molecule has 5 atom stereocenters. The van der Waals surface area contributed by atoms with Crippen molar-refractivity contribution in [1.29, 1.82) is 0 Å². The number of amides is 2. The number of carbonyl (C=O) groups is 1. The van der Waals surface area contributed by atoms with Gasteiger partial charge in [0.2, 0.25) is 0 Å². The van der Waals surface area contributed by atoms with Crippen molar-refractivity contribution in [2.45, 2.75) is 30.6 Å². The Morgan fingerprint density at radius 3 is 2.85 bits per heavy atom. The number of aliphatic hydroxyl groups excluding tert-OH is 3. The van der Waals surface area contributed by atoms with E-state index in [1.54, 1.807) is 6.08 Å². The van der Waals surface area contributed by atoms with Crippen LogP contribution in [0.15, 0.2) is 16.8 Å². The van der Waals surface area contributed by atoms with Crippen molar-refractivity contribution >= 4 is 29.5 Å². The highest BCUT2D eigenvalue weighted by Crippen LogP contribution is 2.29. The lowest BCUT2D eigenvalue weighted by molar-refractivity contribution is -0.0590. The van der Waals surface area contributed by atoms with Gasteiger partial charge in [0.05, 0.1) is 12.3 Å². The Labute approximate surface area is 119 Å². The summed E-state index contributed by atoms with van der Waals surface area (Å²) in [6, 6.07) is -1.05. The molecular weight excluding hydrogens is 286 g/mol. The van der Waals surface area contributed by atoms with Gasteiger partial charge in [-0.05, 0) is 6.08 Å². The standard InChI is InChI=1S/C11H13N3O5S/c15-3-5-7(16)8(17)9(19-5)14-10(20)6-4(1-2-12-6)13-11(14)18/h1-2,5-9,15-17H,3H2,(H,13,18)/t5-,6?,7-,8-,9-/m1/s1. The van der Waals surface area contributed by atoms with Gasteiger partial charge in [-0.2, -0.15) is 0 Å². The molecule has 8 nitrogen and oxygen atoms in total. The van der Waals surface area contributed by atoms with Crippen molar-refractivity contribution in [3.05, 3.63) is 11.8 Å². The summed E-state index contributed by atoms with van der Waals surface area (Å²) in [5.74, 6) is 0. The second kappa shape index (κ2) is 4.86. The van der Waals surface area contributed by atoms with E-state index in [2.05, 4.69) is 10.3 Å². The Morgan fingerprint density at radius 2 is 2.20 bits per heavy atom. The van der Waals surface area contributed by atoms with Crippen molar-refractivity contribution in [2.75, 3.05) is 6.61 Å². The molecule has 0 spiro atoms. The summed E-state index contributed by atoms with van der Waals surface area (Å²) in [5.41, 5.74) is 0.572. The Hall–Kier alpha value is -1.39. The van der Waals surface area contributed by atoms with E-state index in [0.717, 1.165) is 4.90 Å². The van der Waals surface area contributed by atoms with Crippen molar-refractivity contribution in [3.8, 4) is 0 Å². The van der Waals surface area contributed by atoms with Crippen LogP contribution in [0.1, 0.15) is 0 Å². The van der Waals surface area contributed by atoms with Crippen molar-refractivity contribution in [3.63, 3.8) is 0 Å². The van der Waals surface area contributed by atoms with Crippen LogP contribution in [0.3, 0.4) is 0 Å². The fraction of sp³-hybridized carbons (Fsp3) is 0.545. The van der Waals surface area contributed by atoms with Gasteiger partial charge in [0.1, 0.15) is 29.3 Å². The van der Waals surface area contributed by atoms with E-state index in [4.69, 9.17) is 22.1 Å². The van der Waals surface area contributed by atoms with Gasteiger partial charge in [-0.3, -0.25) is 9.89 Å². The highest BCUT2D eigenvalue weighted by Gasteiger charge is 2.50. The number of urea groups is 1. The number of nitrogens with one attached hydrogen (secondary N) is 1. The van der Waals surface area contributed by atoms with Crippen molar-refractivity contribution in [1.82, 2.24) is 10.2 Å². The zero-order valence-electron chi connectivity index (χ0n) is 10.2. The minimum absolute atomic E-state index is 0.184. The van der Waals surface area contributed by atoms with E-state index in [-0.39, 0.29) is 4.99 Å². The lowest BCUT2D eigenvalue weighted by Crippen LogP contribution is -2.60. The molecule has 0 aromatic rings. The van der Waals surface area contributed by atoms with Crippen LogP contribution in [0.2, 0.25) is 0 Å². The molecular formula is C11H13N3O5S. The van der Waals surface area contributed by atoms with E-state index >= 15 is 0 Å². The van der Waals surface area contributed by atoms with Crippen LogP contribution in [0.25, 0.3) is 0 Å². The maximum atomic E-state index is 12.1. The van der Waals surface area contributed by atoms with Crippen molar-refractivity contribution in [2.24, 2.45) is 4.99 Å². The molecule has 9 heteroatoms. The SMILES string of the molecule is O=C1NC2=CC=NC2C(=S)N1[C@@H]1O[C@H](CO)[C@@H](O)[C@H]1O. The maximum absolute atomic E-state index is 12.1. The van der Waals surface area contributed by atoms with Gasteiger partial charge in [0, 0.05) is 6.21 Å². The molecule has 3 aliphatic heterocycles. The van der Waals surface area contributed by atoms with Crippen LogP contribution in [0, 0.1) is 0 Å². The molecule has 1 unspecified atom stereocenters. The number of thiocarbonyl (C=S) groups is 1. The van der Waals surface area contributed by atoms with Crippen LogP contribution < -0.4 is 5.32 Å². The summed E-state index contributed by atoms with van der Waals surface area (Å²) in [6.45, 7) is -0.469. The summed E-state index contributed by atoms with van der Waals surface area (Å²) in [6.07, 6.45) is -1.57. The van der Waals surface area contributed by atoms with Gasteiger partial charge in [0.15, 0.2) is 6.23 Å². The van der Waals surface area contributed by atoms with Gasteiger partial charge in [0.25, 0.3) is 0 Å². The molecule has 108 valence electrons. The third kappa shape index (κ3) is 1.86. The van der Waals surface area contributed by atoms with Gasteiger partial charge in [-0.1, -0.05) is 12.2 Å². The average Bonchev–Trinajstić information content (AvgIpc) is 2.98. The van der Waals surface area contributed by atoms with E-state index in [9.17, 15) is 15.0 Å². The molecule has 3 heterocycles. The number of nitrogens with zero attached hydrogens (tertiary/aromatic N) is 2. The average molecular weight is 299 g/mol. The first-order valence-electron chi connectivity index (χ1n) is 6.04. The summed E-state index contributed by atoms with van der Waals surface area (Å²) in [5, 5.41) is 31.4. The minimum Gasteiger partial charge on any atom is -0.394 e. The number of rotatable bonds is 2. The molecule has 0 radical (unpaired) electrons. The number of aliphatic hydroxyl groups is 3. The summed E-state index contributed by atoms with van der Waals surface area (Å²) in [7, 11) is 0. The fourth-order valence-electron chi connectivity index (χ4n) is 2.44. The molecule has 0 aliphatic carbocycles. The quantitative estimate of drug-likeness (QED) is 0.444. The lowest BCUT2D eigenvalue weighted by Gasteiger charge is -2.36. The number of ether oxygens (including phenoxy) is 1. The molecule has 2 amide bonds. The van der Waals surface area contributed by atoms with Crippen molar-refractivity contribution < 1.29 is 24.9 Å². The smallest absolute Gasteiger partial charge is 0.328 e. The van der Waals surface area contributed by atoms with Crippen LogP contribution >= 0.6 is 12.2 Å². The third-order valence-corrected chi connectivity index (χ3v) is 3.92.